The number of hydrogen-bond donors (Lipinski definition) is 1. The summed E-state index contributed by atoms with van der Waals surface area (Å²) in [6, 6.07) is 0. The van der Waals surface area contributed by atoms with E-state index in [2.05, 4.69) is 0 Å². The second-order valence-corrected chi connectivity index (χ2v) is 5.86. The van der Waals surface area contributed by atoms with Crippen LogP contribution in [0.15, 0.2) is 0 Å². The van der Waals surface area contributed by atoms with E-state index in [4.69, 9.17) is 0 Å². The Morgan fingerprint density at radius 2 is 1.89 bits per heavy atom. The van der Waals surface area contributed by atoms with Crippen molar-refractivity contribution >= 4 is 11.9 Å². The number of rotatable bonds is 5. The number of carbonyl (C=O) groups is 2. The van der Waals surface area contributed by atoms with Gasteiger partial charge in [0.15, 0.2) is 0 Å². The Morgan fingerprint density at radius 1 is 1.28 bits per heavy atom. The highest BCUT2D eigenvalue weighted by Gasteiger charge is 2.41. The van der Waals surface area contributed by atoms with E-state index < -0.39 is 11.4 Å². The molecule has 2 aliphatic rings. The summed E-state index contributed by atoms with van der Waals surface area (Å²) in [7, 11) is 0. The minimum Gasteiger partial charge on any atom is -0.481 e. The van der Waals surface area contributed by atoms with Crippen LogP contribution in [0, 0.1) is 11.3 Å². The predicted octanol–water partition coefficient (Wildman–Crippen LogP) is 2.28. The highest BCUT2D eigenvalue weighted by molar-refractivity contribution is 5.78. The highest BCUT2D eigenvalue weighted by Crippen LogP contribution is 2.38. The molecule has 1 aliphatic heterocycles. The number of hydrogen-bond acceptors (Lipinski definition) is 2. The van der Waals surface area contributed by atoms with E-state index in [1.807, 2.05) is 11.8 Å². The third kappa shape index (κ3) is 2.85. The Hall–Kier alpha value is -1.06. The summed E-state index contributed by atoms with van der Waals surface area (Å²) in [4.78, 5) is 25.3. The summed E-state index contributed by atoms with van der Waals surface area (Å²) in [5.74, 6) is 0.158. The molecular weight excluding hydrogens is 230 g/mol. The van der Waals surface area contributed by atoms with Gasteiger partial charge in [0, 0.05) is 19.5 Å². The van der Waals surface area contributed by atoms with Crippen LogP contribution in [0.3, 0.4) is 0 Å². The zero-order valence-electron chi connectivity index (χ0n) is 11.2. The predicted molar refractivity (Wildman–Crippen MR) is 68.1 cm³/mol. The number of carboxylic acids is 1. The summed E-state index contributed by atoms with van der Waals surface area (Å²) in [5, 5.41) is 9.40. The van der Waals surface area contributed by atoms with Crippen LogP contribution < -0.4 is 0 Å². The molecule has 2 fully saturated rings. The van der Waals surface area contributed by atoms with Crippen molar-refractivity contribution in [3.8, 4) is 0 Å². The molecule has 0 spiro atoms. The molecule has 1 saturated heterocycles. The van der Waals surface area contributed by atoms with E-state index in [9.17, 15) is 14.7 Å². The number of aliphatic carboxylic acids is 1. The van der Waals surface area contributed by atoms with Crippen molar-refractivity contribution < 1.29 is 14.7 Å². The number of piperidine rings is 1. The van der Waals surface area contributed by atoms with Gasteiger partial charge in [-0.05, 0) is 38.0 Å². The topological polar surface area (TPSA) is 57.6 Å². The molecule has 0 aromatic rings. The first kappa shape index (κ1) is 13.4. The maximum absolute atomic E-state index is 12.0. The van der Waals surface area contributed by atoms with Gasteiger partial charge in [-0.25, -0.2) is 0 Å². The fourth-order valence-electron chi connectivity index (χ4n) is 2.93. The Labute approximate surface area is 108 Å². The van der Waals surface area contributed by atoms with Gasteiger partial charge in [0.05, 0.1) is 5.41 Å². The Bertz CT molecular complexity index is 328. The largest absolute Gasteiger partial charge is 0.481 e. The molecule has 4 heteroatoms. The van der Waals surface area contributed by atoms with Gasteiger partial charge in [-0.3, -0.25) is 9.59 Å². The van der Waals surface area contributed by atoms with Crippen LogP contribution in [0.2, 0.25) is 0 Å². The standard InChI is InChI=1S/C14H23NO3/c1-2-5-14(13(17)18)6-8-15(9-7-14)12(16)10-11-3-4-11/h11H,2-10H2,1H3,(H,17,18). The lowest BCUT2D eigenvalue weighted by Crippen LogP contribution is -2.46. The molecule has 0 aromatic carbocycles. The minimum atomic E-state index is -0.682. The number of carboxylic acid groups (broad SMARTS) is 1. The van der Waals surface area contributed by atoms with Crippen molar-refractivity contribution in [1.29, 1.82) is 0 Å². The van der Waals surface area contributed by atoms with Crippen LogP contribution in [-0.4, -0.2) is 35.0 Å². The van der Waals surface area contributed by atoms with E-state index in [-0.39, 0.29) is 5.91 Å². The first-order valence-electron chi connectivity index (χ1n) is 7.08. The maximum Gasteiger partial charge on any atom is 0.309 e. The SMILES string of the molecule is CCCC1(C(=O)O)CCN(C(=O)CC2CC2)CC1. The fourth-order valence-corrected chi connectivity index (χ4v) is 2.93. The molecule has 1 amide bonds. The smallest absolute Gasteiger partial charge is 0.309 e. The molecule has 2 rings (SSSR count). The number of carbonyl (C=O) groups excluding carboxylic acids is 1. The summed E-state index contributed by atoms with van der Waals surface area (Å²) >= 11 is 0. The van der Waals surface area contributed by atoms with Crippen molar-refractivity contribution in [1.82, 2.24) is 4.90 Å². The molecule has 18 heavy (non-hydrogen) atoms. The summed E-state index contributed by atoms with van der Waals surface area (Å²) in [6.07, 6.45) is 5.91. The summed E-state index contributed by atoms with van der Waals surface area (Å²) < 4.78 is 0. The van der Waals surface area contributed by atoms with Crippen LogP contribution in [0.4, 0.5) is 0 Å². The molecular formula is C14H23NO3. The molecule has 0 radical (unpaired) electrons. The average Bonchev–Trinajstić information content (AvgIpc) is 3.14. The molecule has 1 aliphatic carbocycles. The van der Waals surface area contributed by atoms with Crippen LogP contribution in [0.25, 0.3) is 0 Å². The maximum atomic E-state index is 12.0. The molecule has 1 saturated carbocycles. The molecule has 0 atom stereocenters. The van der Waals surface area contributed by atoms with Gasteiger partial charge >= 0.3 is 5.97 Å². The van der Waals surface area contributed by atoms with Gasteiger partial charge in [0.1, 0.15) is 0 Å². The molecule has 1 heterocycles. The number of nitrogens with zero attached hydrogens (tertiary/aromatic N) is 1. The average molecular weight is 253 g/mol. The fraction of sp³-hybridized carbons (Fsp3) is 0.857. The first-order chi connectivity index (χ1) is 8.57. The van der Waals surface area contributed by atoms with Gasteiger partial charge in [-0.2, -0.15) is 0 Å². The Kier molecular flexibility index (Phi) is 3.93. The van der Waals surface area contributed by atoms with Crippen LogP contribution in [-0.2, 0) is 9.59 Å². The summed E-state index contributed by atoms with van der Waals surface area (Å²) in [6.45, 7) is 3.27. The van der Waals surface area contributed by atoms with E-state index >= 15 is 0 Å². The van der Waals surface area contributed by atoms with Gasteiger partial charge in [-0.1, -0.05) is 13.3 Å². The Balaban J connectivity index is 1.88. The lowest BCUT2D eigenvalue weighted by atomic mass is 9.75. The molecule has 1 N–H and O–H groups in total. The van der Waals surface area contributed by atoms with Crippen LogP contribution in [0.5, 0.6) is 0 Å². The van der Waals surface area contributed by atoms with Gasteiger partial charge in [0.2, 0.25) is 5.91 Å². The normalized spacial score (nSPS) is 22.8. The first-order valence-corrected chi connectivity index (χ1v) is 7.08. The van der Waals surface area contributed by atoms with Crippen LogP contribution in [0.1, 0.15) is 51.9 Å². The number of amides is 1. The zero-order valence-corrected chi connectivity index (χ0v) is 11.2. The molecule has 0 aromatic heterocycles. The second-order valence-electron chi connectivity index (χ2n) is 5.86. The monoisotopic (exact) mass is 253 g/mol. The van der Waals surface area contributed by atoms with Gasteiger partial charge in [0.25, 0.3) is 0 Å². The lowest BCUT2D eigenvalue weighted by molar-refractivity contribution is -0.155. The summed E-state index contributed by atoms with van der Waals surface area (Å²) in [5.41, 5.74) is -0.578. The quantitative estimate of drug-likeness (QED) is 0.817. The van der Waals surface area contributed by atoms with Crippen molar-refractivity contribution in [3.63, 3.8) is 0 Å². The van der Waals surface area contributed by atoms with E-state index in [0.717, 1.165) is 12.8 Å². The van der Waals surface area contributed by atoms with E-state index in [1.165, 1.54) is 12.8 Å². The van der Waals surface area contributed by atoms with Crippen molar-refractivity contribution in [2.24, 2.45) is 11.3 Å². The zero-order chi connectivity index (χ0) is 13.2. The molecule has 102 valence electrons. The van der Waals surface area contributed by atoms with Crippen molar-refractivity contribution in [2.45, 2.75) is 51.9 Å². The molecule has 0 unspecified atom stereocenters. The highest BCUT2D eigenvalue weighted by atomic mass is 16.4. The van der Waals surface area contributed by atoms with Gasteiger partial charge in [-0.15, -0.1) is 0 Å². The second kappa shape index (κ2) is 5.29. The van der Waals surface area contributed by atoms with E-state index in [1.54, 1.807) is 0 Å². The van der Waals surface area contributed by atoms with Crippen molar-refractivity contribution in [3.05, 3.63) is 0 Å². The third-order valence-corrected chi connectivity index (χ3v) is 4.42. The van der Waals surface area contributed by atoms with Gasteiger partial charge < -0.3 is 10.0 Å². The lowest BCUT2D eigenvalue weighted by Gasteiger charge is -2.39. The Morgan fingerprint density at radius 3 is 2.33 bits per heavy atom. The van der Waals surface area contributed by atoms with E-state index in [0.29, 0.717) is 38.3 Å². The number of likely N-dealkylation sites (tertiary alicyclic amines) is 1. The molecule has 0 bridgehead atoms. The third-order valence-electron chi connectivity index (χ3n) is 4.42. The van der Waals surface area contributed by atoms with Crippen LogP contribution >= 0.6 is 0 Å². The minimum absolute atomic E-state index is 0.230. The molecule has 4 nitrogen and oxygen atoms in total. The van der Waals surface area contributed by atoms with Crippen molar-refractivity contribution in [2.75, 3.05) is 13.1 Å².